The van der Waals surface area contributed by atoms with Gasteiger partial charge in [-0.3, -0.25) is 24.5 Å². The van der Waals surface area contributed by atoms with Crippen molar-refractivity contribution in [3.05, 3.63) is 64.2 Å². The molecule has 0 saturated carbocycles. The lowest BCUT2D eigenvalue weighted by atomic mass is 10.1. The molecule has 3 rings (SSSR count). The van der Waals surface area contributed by atoms with E-state index in [-0.39, 0.29) is 30.3 Å². The Morgan fingerprint density at radius 1 is 1.14 bits per heavy atom. The van der Waals surface area contributed by atoms with Crippen molar-refractivity contribution >= 4 is 29.0 Å². The van der Waals surface area contributed by atoms with Gasteiger partial charge in [-0.25, -0.2) is 0 Å². The molecular formula is C20H18N2O7. The summed E-state index contributed by atoms with van der Waals surface area (Å²) in [6, 6.07) is 11.9. The number of nitrogens with zero attached hydrogens (tertiary/aromatic N) is 2. The number of benzene rings is 2. The molecule has 0 aromatic heterocycles. The maximum Gasteiger partial charge on any atom is 0.311 e. The van der Waals surface area contributed by atoms with Crippen LogP contribution in [-0.4, -0.2) is 42.8 Å². The molecule has 1 aliphatic rings. The molecule has 29 heavy (non-hydrogen) atoms. The lowest BCUT2D eigenvalue weighted by Crippen LogP contribution is -2.27. The van der Waals surface area contributed by atoms with Gasteiger partial charge in [-0.15, -0.1) is 0 Å². The number of Topliss-reactive ketones (excluding diaryl/α,β-unsaturated/α-hetero) is 1. The van der Waals surface area contributed by atoms with E-state index in [2.05, 4.69) is 0 Å². The number of rotatable bonds is 7. The zero-order valence-electron chi connectivity index (χ0n) is 15.6. The van der Waals surface area contributed by atoms with Crippen molar-refractivity contribution in [2.24, 2.45) is 5.92 Å². The maximum atomic E-state index is 12.3. The Morgan fingerprint density at radius 2 is 1.79 bits per heavy atom. The smallest absolute Gasteiger partial charge is 0.311 e. The molecule has 0 N–H and O–H groups in total. The van der Waals surface area contributed by atoms with Crippen molar-refractivity contribution in [2.45, 2.75) is 6.42 Å². The van der Waals surface area contributed by atoms with Crippen LogP contribution in [-0.2, 0) is 14.3 Å². The van der Waals surface area contributed by atoms with Crippen molar-refractivity contribution in [1.82, 2.24) is 0 Å². The van der Waals surface area contributed by atoms with Gasteiger partial charge in [-0.05, 0) is 36.4 Å². The van der Waals surface area contributed by atoms with Crippen LogP contribution in [0.1, 0.15) is 16.8 Å². The Balaban J connectivity index is 1.56. The van der Waals surface area contributed by atoms with Crippen LogP contribution >= 0.6 is 0 Å². The summed E-state index contributed by atoms with van der Waals surface area (Å²) < 4.78 is 10.1. The van der Waals surface area contributed by atoms with Crippen molar-refractivity contribution in [3.8, 4) is 5.75 Å². The molecule has 2 aromatic rings. The second-order valence-electron chi connectivity index (χ2n) is 6.44. The molecule has 1 saturated heterocycles. The second-order valence-corrected chi connectivity index (χ2v) is 6.44. The van der Waals surface area contributed by atoms with Gasteiger partial charge in [0, 0.05) is 36.3 Å². The van der Waals surface area contributed by atoms with E-state index in [4.69, 9.17) is 9.47 Å². The molecule has 0 aliphatic carbocycles. The van der Waals surface area contributed by atoms with E-state index in [0.717, 1.165) is 0 Å². The van der Waals surface area contributed by atoms with Crippen molar-refractivity contribution < 1.29 is 28.8 Å². The number of anilines is 1. The molecule has 1 amide bonds. The normalized spacial score (nSPS) is 15.8. The molecule has 150 valence electrons. The summed E-state index contributed by atoms with van der Waals surface area (Å²) >= 11 is 0. The quantitative estimate of drug-likeness (QED) is 0.304. The number of carbonyl (C=O) groups is 3. The number of nitro groups is 1. The number of esters is 1. The fourth-order valence-electron chi connectivity index (χ4n) is 2.98. The summed E-state index contributed by atoms with van der Waals surface area (Å²) in [6.07, 6.45) is -0.0491. The molecule has 0 bridgehead atoms. The first-order valence-electron chi connectivity index (χ1n) is 8.77. The molecule has 9 nitrogen and oxygen atoms in total. The van der Waals surface area contributed by atoms with E-state index in [1.807, 2.05) is 0 Å². The van der Waals surface area contributed by atoms with E-state index in [1.165, 1.54) is 36.3 Å². The minimum absolute atomic E-state index is 0.0491. The monoisotopic (exact) mass is 398 g/mol. The second kappa shape index (κ2) is 8.51. The first-order valence-corrected chi connectivity index (χ1v) is 8.77. The van der Waals surface area contributed by atoms with Gasteiger partial charge in [0.2, 0.25) is 5.91 Å². The Labute approximate surface area is 166 Å². The number of non-ortho nitro benzene ring substituents is 1. The molecular weight excluding hydrogens is 380 g/mol. The molecule has 1 aliphatic heterocycles. The standard InChI is InChI=1S/C20H18N2O7/c1-28-17-8-2-13(3-9-17)18(23)12-29-20(25)14-10-19(24)21(11-14)15-4-6-16(7-5-15)22(26)27/h2-9,14H,10-12H2,1H3/t14-/m0/s1. The van der Waals surface area contributed by atoms with E-state index in [9.17, 15) is 24.5 Å². The van der Waals surface area contributed by atoms with Gasteiger partial charge in [-0.2, -0.15) is 0 Å². The first-order chi connectivity index (χ1) is 13.9. The first kappa shape index (κ1) is 20.0. The van der Waals surface area contributed by atoms with E-state index in [0.29, 0.717) is 17.0 Å². The molecule has 1 fully saturated rings. The predicted octanol–water partition coefficient (Wildman–Crippen LogP) is 2.38. The van der Waals surface area contributed by atoms with Gasteiger partial charge in [0.25, 0.3) is 5.69 Å². The summed E-state index contributed by atoms with van der Waals surface area (Å²) in [5.74, 6) is -1.39. The lowest BCUT2D eigenvalue weighted by Gasteiger charge is -2.16. The molecule has 2 aromatic carbocycles. The van der Waals surface area contributed by atoms with E-state index < -0.39 is 23.4 Å². The topological polar surface area (TPSA) is 116 Å². The number of carbonyl (C=O) groups excluding carboxylic acids is 3. The number of amides is 1. The van der Waals surface area contributed by atoms with Gasteiger partial charge in [0.15, 0.2) is 12.4 Å². The SMILES string of the molecule is COc1ccc(C(=O)COC(=O)[C@H]2CC(=O)N(c3ccc([N+](=O)[O-])cc3)C2)cc1. The van der Waals surface area contributed by atoms with Gasteiger partial charge < -0.3 is 14.4 Å². The number of methoxy groups -OCH3 is 1. The van der Waals surface area contributed by atoms with Crippen molar-refractivity contribution in [3.63, 3.8) is 0 Å². The van der Waals surface area contributed by atoms with Crippen LogP contribution in [0.15, 0.2) is 48.5 Å². The highest BCUT2D eigenvalue weighted by molar-refractivity contribution is 6.01. The van der Waals surface area contributed by atoms with E-state index in [1.54, 1.807) is 24.3 Å². The minimum atomic E-state index is -0.707. The van der Waals surface area contributed by atoms with Crippen LogP contribution in [0.25, 0.3) is 0 Å². The van der Waals surface area contributed by atoms with Crippen LogP contribution in [0.3, 0.4) is 0 Å². The lowest BCUT2D eigenvalue weighted by molar-refractivity contribution is -0.384. The summed E-state index contributed by atoms with van der Waals surface area (Å²) in [6.45, 7) is -0.334. The molecule has 0 radical (unpaired) electrons. The number of ketones is 1. The fraction of sp³-hybridized carbons (Fsp3) is 0.250. The van der Waals surface area contributed by atoms with Gasteiger partial charge in [0.1, 0.15) is 5.75 Å². The molecule has 1 atom stereocenters. The molecule has 0 unspecified atom stereocenters. The highest BCUT2D eigenvalue weighted by Crippen LogP contribution is 2.27. The average Bonchev–Trinajstić information content (AvgIpc) is 3.13. The Kier molecular flexibility index (Phi) is 5.87. The van der Waals surface area contributed by atoms with Crippen LogP contribution in [0.5, 0.6) is 5.75 Å². The largest absolute Gasteiger partial charge is 0.497 e. The number of nitro benzene ring substituents is 1. The third-order valence-corrected chi connectivity index (χ3v) is 4.59. The summed E-state index contributed by atoms with van der Waals surface area (Å²) in [5.41, 5.74) is 0.757. The van der Waals surface area contributed by atoms with Crippen molar-refractivity contribution in [2.75, 3.05) is 25.2 Å². The summed E-state index contributed by atoms with van der Waals surface area (Å²) in [7, 11) is 1.52. The summed E-state index contributed by atoms with van der Waals surface area (Å²) in [5, 5.41) is 10.7. The number of hydrogen-bond donors (Lipinski definition) is 0. The third-order valence-electron chi connectivity index (χ3n) is 4.59. The third kappa shape index (κ3) is 4.57. The fourth-order valence-corrected chi connectivity index (χ4v) is 2.98. The number of ether oxygens (including phenoxy) is 2. The zero-order chi connectivity index (χ0) is 21.0. The molecule has 0 spiro atoms. The average molecular weight is 398 g/mol. The Bertz CT molecular complexity index is 938. The maximum absolute atomic E-state index is 12.3. The Morgan fingerprint density at radius 3 is 2.38 bits per heavy atom. The van der Waals surface area contributed by atoms with Gasteiger partial charge in [-0.1, -0.05) is 0 Å². The predicted molar refractivity (Wildman–Crippen MR) is 102 cm³/mol. The van der Waals surface area contributed by atoms with Crippen LogP contribution < -0.4 is 9.64 Å². The van der Waals surface area contributed by atoms with E-state index >= 15 is 0 Å². The van der Waals surface area contributed by atoms with Gasteiger partial charge >= 0.3 is 5.97 Å². The summed E-state index contributed by atoms with van der Waals surface area (Å²) in [4.78, 5) is 48.2. The zero-order valence-corrected chi connectivity index (χ0v) is 15.6. The van der Waals surface area contributed by atoms with Crippen LogP contribution in [0.4, 0.5) is 11.4 Å². The highest BCUT2D eigenvalue weighted by atomic mass is 16.6. The van der Waals surface area contributed by atoms with Crippen LogP contribution in [0.2, 0.25) is 0 Å². The molecule has 9 heteroatoms. The number of hydrogen-bond acceptors (Lipinski definition) is 7. The Hall–Kier alpha value is -3.75. The van der Waals surface area contributed by atoms with Gasteiger partial charge in [0.05, 0.1) is 18.0 Å². The molecule has 1 heterocycles. The van der Waals surface area contributed by atoms with Crippen molar-refractivity contribution in [1.29, 1.82) is 0 Å². The van der Waals surface area contributed by atoms with Crippen LogP contribution in [0, 0.1) is 16.0 Å². The minimum Gasteiger partial charge on any atom is -0.497 e. The highest BCUT2D eigenvalue weighted by Gasteiger charge is 2.36.